The molecule has 8 heteroatoms. The molecule has 7 nitrogen and oxygen atoms in total. The first-order valence-electron chi connectivity index (χ1n) is 8.89. The number of benzene rings is 3. The van der Waals surface area contributed by atoms with E-state index in [0.717, 1.165) is 11.0 Å². The van der Waals surface area contributed by atoms with Gasteiger partial charge in [-0.25, -0.2) is 23.4 Å². The quantitative estimate of drug-likeness (QED) is 0.495. The smallest absolute Gasteiger partial charge is 0.263 e. The minimum Gasteiger partial charge on any atom is -0.280 e. The van der Waals surface area contributed by atoms with Gasteiger partial charge < -0.3 is 0 Å². The molecule has 0 aliphatic carbocycles. The van der Waals surface area contributed by atoms with Gasteiger partial charge in [0, 0.05) is 0 Å². The first-order valence-corrected chi connectivity index (χ1v) is 10.4. The van der Waals surface area contributed by atoms with Gasteiger partial charge in [-0.2, -0.15) is 0 Å². The van der Waals surface area contributed by atoms with Crippen molar-refractivity contribution in [1.82, 2.24) is 19.5 Å². The van der Waals surface area contributed by atoms with E-state index in [4.69, 9.17) is 0 Å². The SMILES string of the molecule is O=S(=O)(Nc1nc2ccccc2nc1-n1cnc2ccccc21)c1ccccc1. The molecule has 5 aromatic rings. The van der Waals surface area contributed by atoms with E-state index < -0.39 is 10.0 Å². The Labute approximate surface area is 166 Å². The molecule has 2 aromatic heterocycles. The van der Waals surface area contributed by atoms with Crippen molar-refractivity contribution in [2.75, 3.05) is 4.72 Å². The van der Waals surface area contributed by atoms with Crippen molar-refractivity contribution in [3.63, 3.8) is 0 Å². The highest BCUT2D eigenvalue weighted by molar-refractivity contribution is 7.92. The largest absolute Gasteiger partial charge is 0.280 e. The molecule has 5 rings (SSSR count). The molecule has 0 saturated heterocycles. The van der Waals surface area contributed by atoms with Crippen LogP contribution >= 0.6 is 0 Å². The maximum absolute atomic E-state index is 12.9. The van der Waals surface area contributed by atoms with E-state index in [1.807, 2.05) is 42.5 Å². The van der Waals surface area contributed by atoms with Crippen LogP contribution in [0.25, 0.3) is 27.9 Å². The van der Waals surface area contributed by atoms with Crippen LogP contribution in [-0.2, 0) is 10.0 Å². The van der Waals surface area contributed by atoms with Gasteiger partial charge in [-0.3, -0.25) is 9.29 Å². The number of fused-ring (bicyclic) bond motifs is 2. The Balaban J connectivity index is 1.73. The molecule has 29 heavy (non-hydrogen) atoms. The summed E-state index contributed by atoms with van der Waals surface area (Å²) in [4.78, 5) is 13.8. The molecule has 3 aromatic carbocycles. The van der Waals surface area contributed by atoms with E-state index in [0.29, 0.717) is 16.9 Å². The predicted octanol–water partition coefficient (Wildman–Crippen LogP) is 3.77. The number of aromatic nitrogens is 4. The second kappa shape index (κ2) is 6.68. The lowest BCUT2D eigenvalue weighted by Crippen LogP contribution is -2.16. The Morgan fingerprint density at radius 3 is 2.10 bits per heavy atom. The number of nitrogens with zero attached hydrogens (tertiary/aromatic N) is 4. The molecule has 0 spiro atoms. The number of nitrogens with one attached hydrogen (secondary N) is 1. The summed E-state index contributed by atoms with van der Waals surface area (Å²) < 4.78 is 30.2. The van der Waals surface area contributed by atoms with Crippen molar-refractivity contribution in [1.29, 1.82) is 0 Å². The van der Waals surface area contributed by atoms with Gasteiger partial charge in [-0.1, -0.05) is 42.5 Å². The third-order valence-electron chi connectivity index (χ3n) is 4.52. The summed E-state index contributed by atoms with van der Waals surface area (Å²) in [5.41, 5.74) is 2.82. The zero-order chi connectivity index (χ0) is 19.8. The van der Waals surface area contributed by atoms with Crippen LogP contribution in [0.15, 0.2) is 90.1 Å². The normalized spacial score (nSPS) is 11.7. The number of anilines is 1. The molecular formula is C21H15N5O2S. The van der Waals surface area contributed by atoms with E-state index >= 15 is 0 Å². The van der Waals surface area contributed by atoms with Crippen molar-refractivity contribution >= 4 is 37.9 Å². The summed E-state index contributed by atoms with van der Waals surface area (Å²) >= 11 is 0. The second-order valence-corrected chi connectivity index (χ2v) is 8.09. The molecule has 0 unspecified atom stereocenters. The third-order valence-corrected chi connectivity index (χ3v) is 5.87. The Morgan fingerprint density at radius 1 is 0.724 bits per heavy atom. The lowest BCUT2D eigenvalue weighted by Gasteiger charge is -2.13. The van der Waals surface area contributed by atoms with Gasteiger partial charge in [0.1, 0.15) is 6.33 Å². The van der Waals surface area contributed by atoms with Gasteiger partial charge in [0.25, 0.3) is 10.0 Å². The zero-order valence-electron chi connectivity index (χ0n) is 15.1. The van der Waals surface area contributed by atoms with Crippen LogP contribution < -0.4 is 4.72 Å². The van der Waals surface area contributed by atoms with Gasteiger partial charge in [0.05, 0.1) is 27.0 Å². The Bertz CT molecular complexity index is 1450. The summed E-state index contributed by atoms with van der Waals surface area (Å²) in [7, 11) is -3.84. The number of sulfonamides is 1. The molecule has 0 radical (unpaired) electrons. The van der Waals surface area contributed by atoms with Crippen molar-refractivity contribution in [2.45, 2.75) is 4.90 Å². The van der Waals surface area contributed by atoms with Crippen LogP contribution in [0.2, 0.25) is 0 Å². The van der Waals surface area contributed by atoms with Crippen LogP contribution in [0.3, 0.4) is 0 Å². The van der Waals surface area contributed by atoms with Gasteiger partial charge in [-0.05, 0) is 36.4 Å². The molecule has 0 bridgehead atoms. The monoisotopic (exact) mass is 401 g/mol. The highest BCUT2D eigenvalue weighted by Crippen LogP contribution is 2.26. The summed E-state index contributed by atoms with van der Waals surface area (Å²) in [5, 5.41) is 0. The third kappa shape index (κ3) is 3.09. The van der Waals surface area contributed by atoms with Crippen molar-refractivity contribution in [2.24, 2.45) is 0 Å². The van der Waals surface area contributed by atoms with E-state index in [-0.39, 0.29) is 10.7 Å². The molecule has 142 valence electrons. The average molecular weight is 401 g/mol. The summed E-state index contributed by atoms with van der Waals surface area (Å²) in [6, 6.07) is 23.1. The van der Waals surface area contributed by atoms with Crippen molar-refractivity contribution in [3.8, 4) is 5.82 Å². The molecule has 0 atom stereocenters. The maximum Gasteiger partial charge on any atom is 0.263 e. The molecule has 0 aliphatic heterocycles. The number of rotatable bonds is 4. The summed E-state index contributed by atoms with van der Waals surface area (Å²) in [5.74, 6) is 0.493. The zero-order valence-corrected chi connectivity index (χ0v) is 15.9. The Morgan fingerprint density at radius 2 is 1.34 bits per heavy atom. The number of hydrogen-bond acceptors (Lipinski definition) is 5. The van der Waals surface area contributed by atoms with Crippen LogP contribution in [-0.4, -0.2) is 27.9 Å². The van der Waals surface area contributed by atoms with Gasteiger partial charge in [-0.15, -0.1) is 0 Å². The van der Waals surface area contributed by atoms with Gasteiger partial charge in [0.2, 0.25) is 0 Å². The minimum atomic E-state index is -3.84. The van der Waals surface area contributed by atoms with Crippen LogP contribution in [0.4, 0.5) is 5.82 Å². The highest BCUT2D eigenvalue weighted by Gasteiger charge is 2.20. The minimum absolute atomic E-state index is 0.135. The fraction of sp³-hybridized carbons (Fsp3) is 0. The number of para-hydroxylation sites is 4. The standard InChI is InChI=1S/C21H15N5O2S/c27-29(28,15-8-2-1-3-9-15)25-20-21(24-17-11-5-4-10-16(17)23-20)26-14-22-18-12-6-7-13-19(18)26/h1-14H,(H,23,25). The van der Waals surface area contributed by atoms with Crippen LogP contribution in [0, 0.1) is 0 Å². The van der Waals surface area contributed by atoms with Crippen LogP contribution in [0.5, 0.6) is 0 Å². The molecule has 0 amide bonds. The number of hydrogen-bond donors (Lipinski definition) is 1. The Kier molecular flexibility index (Phi) is 3.99. The predicted molar refractivity (Wildman–Crippen MR) is 111 cm³/mol. The fourth-order valence-corrected chi connectivity index (χ4v) is 4.17. The van der Waals surface area contributed by atoms with Crippen LogP contribution in [0.1, 0.15) is 0 Å². The first-order chi connectivity index (χ1) is 14.1. The molecule has 2 heterocycles. The van der Waals surface area contributed by atoms with Gasteiger partial charge >= 0.3 is 0 Å². The maximum atomic E-state index is 12.9. The van der Waals surface area contributed by atoms with Crippen molar-refractivity contribution < 1.29 is 8.42 Å². The fourth-order valence-electron chi connectivity index (χ4n) is 3.14. The molecule has 0 aliphatic rings. The summed E-state index contributed by atoms with van der Waals surface area (Å²) in [6.07, 6.45) is 1.61. The highest BCUT2D eigenvalue weighted by atomic mass is 32.2. The molecule has 0 saturated carbocycles. The summed E-state index contributed by atoms with van der Waals surface area (Å²) in [6.45, 7) is 0. The second-order valence-electron chi connectivity index (χ2n) is 6.41. The molecule has 0 fully saturated rings. The first kappa shape index (κ1) is 17.3. The van der Waals surface area contributed by atoms with Crippen molar-refractivity contribution in [3.05, 3.63) is 85.2 Å². The van der Waals surface area contributed by atoms with E-state index in [1.165, 1.54) is 12.1 Å². The topological polar surface area (TPSA) is 89.8 Å². The molecule has 1 N–H and O–H groups in total. The van der Waals surface area contributed by atoms with E-state index in [2.05, 4.69) is 19.7 Å². The lowest BCUT2D eigenvalue weighted by molar-refractivity contribution is 0.601. The van der Waals surface area contributed by atoms with E-state index in [1.54, 1.807) is 35.2 Å². The lowest BCUT2D eigenvalue weighted by atomic mass is 10.3. The Hall–Kier alpha value is -3.78. The molecular weight excluding hydrogens is 386 g/mol. The average Bonchev–Trinajstić information content (AvgIpc) is 3.18. The number of imidazole rings is 1. The van der Waals surface area contributed by atoms with Gasteiger partial charge in [0.15, 0.2) is 11.6 Å². The van der Waals surface area contributed by atoms with E-state index in [9.17, 15) is 8.42 Å².